The first-order valence-electron chi connectivity index (χ1n) is 27.6. The number of nitrogens with zero attached hydrogens (tertiary/aromatic N) is 2. The van der Waals surface area contributed by atoms with Gasteiger partial charge in [-0.3, -0.25) is 0 Å². The van der Waals surface area contributed by atoms with Crippen molar-refractivity contribution in [3.63, 3.8) is 0 Å². The van der Waals surface area contributed by atoms with Gasteiger partial charge < -0.3 is 9.80 Å². The summed E-state index contributed by atoms with van der Waals surface area (Å²) in [5, 5.41) is 1.43. The van der Waals surface area contributed by atoms with Gasteiger partial charge >= 0.3 is 0 Å². The second-order valence-corrected chi connectivity index (χ2v) is 29.8. The van der Waals surface area contributed by atoms with Crippen molar-refractivity contribution in [2.45, 2.75) is 193 Å². The van der Waals surface area contributed by atoms with E-state index in [1.165, 1.54) is 143 Å². The van der Waals surface area contributed by atoms with Crippen LogP contribution in [0.15, 0.2) is 103 Å². The van der Waals surface area contributed by atoms with Gasteiger partial charge in [-0.25, -0.2) is 0 Å². The Morgan fingerprint density at radius 2 is 1.01 bits per heavy atom. The van der Waals surface area contributed by atoms with Crippen LogP contribution in [-0.4, -0.2) is 6.71 Å². The van der Waals surface area contributed by atoms with Gasteiger partial charge in [0.05, 0.1) is 11.4 Å². The average Bonchev–Trinajstić information content (AvgIpc) is 3.70. The fourth-order valence-electron chi connectivity index (χ4n) is 14.9. The van der Waals surface area contributed by atoms with Gasteiger partial charge in [0.15, 0.2) is 0 Å². The maximum Gasteiger partial charge on any atom is 0.264 e. The largest absolute Gasteiger partial charge is 0.311 e. The van der Waals surface area contributed by atoms with E-state index in [0.29, 0.717) is 0 Å². The molecule has 6 aliphatic rings. The van der Waals surface area contributed by atoms with Crippen molar-refractivity contribution in [2.75, 3.05) is 9.80 Å². The first-order chi connectivity index (χ1) is 33.6. The Morgan fingerprint density at radius 1 is 0.458 bits per heavy atom. The molecule has 7 aromatic rings. The lowest BCUT2D eigenvalue weighted by atomic mass is 9.35. The van der Waals surface area contributed by atoms with E-state index in [0.717, 1.165) is 0 Å². The quantitative estimate of drug-likeness (QED) is 0.163. The van der Waals surface area contributed by atoms with Crippen molar-refractivity contribution in [1.29, 1.82) is 0 Å². The van der Waals surface area contributed by atoms with E-state index in [9.17, 15) is 0 Å². The number of anilines is 6. The first kappa shape index (κ1) is 46.7. The van der Waals surface area contributed by atoms with Crippen molar-refractivity contribution in [3.8, 4) is 11.1 Å². The lowest BCUT2D eigenvalue weighted by molar-refractivity contribution is 0.0615. The molecule has 0 radical (unpaired) electrons. The molecule has 0 amide bonds. The van der Waals surface area contributed by atoms with Crippen LogP contribution in [0.4, 0.5) is 34.1 Å². The summed E-state index contributed by atoms with van der Waals surface area (Å²) < 4.78 is 2.93. The fraction of sp³-hybridized carbons (Fsp3) is 0.441. The number of thiophene rings is 1. The highest BCUT2D eigenvalue weighted by molar-refractivity contribution is 7.33. The number of rotatable bonds is 3. The van der Waals surface area contributed by atoms with Crippen LogP contribution in [0.2, 0.25) is 0 Å². The molecule has 0 saturated heterocycles. The summed E-state index contributed by atoms with van der Waals surface area (Å²) in [6, 6.07) is 42.4. The third-order valence-electron chi connectivity index (χ3n) is 20.5. The predicted molar refractivity (Wildman–Crippen MR) is 313 cm³/mol. The van der Waals surface area contributed by atoms with Crippen molar-refractivity contribution >= 4 is 78.0 Å². The second kappa shape index (κ2) is 14.4. The topological polar surface area (TPSA) is 6.48 Å². The minimum absolute atomic E-state index is 0.0146. The maximum absolute atomic E-state index is 2.79. The summed E-state index contributed by atoms with van der Waals surface area (Å²) >= 11 is 2.10. The van der Waals surface area contributed by atoms with E-state index in [1.54, 1.807) is 11.1 Å². The average molecular weight is 965 g/mol. The molecule has 2 unspecified atom stereocenters. The highest BCUT2D eigenvalue weighted by atomic mass is 32.1. The first-order valence-corrected chi connectivity index (χ1v) is 28.4. The van der Waals surface area contributed by atoms with Crippen LogP contribution in [-0.2, 0) is 43.3 Å². The zero-order chi connectivity index (χ0) is 50.8. The van der Waals surface area contributed by atoms with Gasteiger partial charge in [0.2, 0.25) is 0 Å². The molecule has 72 heavy (non-hydrogen) atoms. The van der Waals surface area contributed by atoms with Crippen molar-refractivity contribution in [1.82, 2.24) is 0 Å². The van der Waals surface area contributed by atoms with Gasteiger partial charge in [0.25, 0.3) is 6.71 Å². The van der Waals surface area contributed by atoms with Crippen LogP contribution in [0.1, 0.15) is 194 Å². The van der Waals surface area contributed by atoms with Gasteiger partial charge in [-0.2, -0.15) is 0 Å². The van der Waals surface area contributed by atoms with E-state index < -0.39 is 0 Å². The van der Waals surface area contributed by atoms with Crippen molar-refractivity contribution < 1.29 is 0 Å². The summed E-state index contributed by atoms with van der Waals surface area (Å²) in [6.07, 6.45) is 7.31. The zero-order valence-electron chi connectivity index (χ0n) is 46.4. The molecule has 6 aromatic carbocycles. The van der Waals surface area contributed by atoms with Crippen molar-refractivity contribution in [2.24, 2.45) is 0 Å². The minimum Gasteiger partial charge on any atom is -0.311 e. The molecule has 2 nitrogen and oxygen atoms in total. The summed E-state index contributed by atoms with van der Waals surface area (Å²) in [6.45, 7) is 39.5. The Hall–Kier alpha value is -5.06. The summed E-state index contributed by atoms with van der Waals surface area (Å²) in [4.78, 5) is 5.55. The molecular weight excluding hydrogens is 888 g/mol. The molecule has 368 valence electrons. The van der Waals surface area contributed by atoms with Gasteiger partial charge in [-0.15, -0.1) is 11.3 Å². The van der Waals surface area contributed by atoms with Crippen LogP contribution < -0.4 is 25.5 Å². The molecule has 0 bridgehead atoms. The maximum atomic E-state index is 2.79. The number of fused-ring (bicyclic) bond motifs is 12. The summed E-state index contributed by atoms with van der Waals surface area (Å²) in [7, 11) is 0. The lowest BCUT2D eigenvalue weighted by Gasteiger charge is -2.66. The van der Waals surface area contributed by atoms with E-state index >= 15 is 0 Å². The second-order valence-electron chi connectivity index (χ2n) is 28.7. The van der Waals surface area contributed by atoms with Crippen molar-refractivity contribution in [3.05, 3.63) is 148 Å². The Bertz CT molecular complexity index is 3500. The molecule has 0 N–H and O–H groups in total. The third kappa shape index (κ3) is 6.20. The van der Waals surface area contributed by atoms with Gasteiger partial charge in [0, 0.05) is 54.0 Å². The van der Waals surface area contributed by atoms with Gasteiger partial charge in [-0.1, -0.05) is 159 Å². The molecule has 4 heteroatoms. The van der Waals surface area contributed by atoms with E-state index in [2.05, 4.69) is 235 Å². The van der Waals surface area contributed by atoms with Crippen LogP contribution >= 0.6 is 11.3 Å². The van der Waals surface area contributed by atoms with Crippen LogP contribution in [0.5, 0.6) is 0 Å². The Kier molecular flexibility index (Phi) is 9.35. The van der Waals surface area contributed by atoms with Gasteiger partial charge in [-0.05, 0) is 187 Å². The predicted octanol–water partition coefficient (Wildman–Crippen LogP) is 17.3. The molecule has 4 aliphatic carbocycles. The third-order valence-corrected chi connectivity index (χ3v) is 21.7. The fourth-order valence-corrected chi connectivity index (χ4v) is 16.2. The molecular formula is C68H77BN2S. The standard InChI is InChI=1S/C68H77BN2S/c1-61(2,3)41-22-25-53(44(32-41)40-20-18-17-19-21-40)71-54-38-49-48(65(11,12)28-29-66(49,13)14)37-52(54)69-58-55(33-42(34-56(58)71)62(4,5)6)70(43-23-24-46-47(35-43)64(9,10)27-26-63(46,7)8)59-45-36-50-51(39-57(45)72-60(59)69)68(16)31-30-67(50,68)15/h17-25,32-39H,26-31H2,1-16H3. The van der Waals surface area contributed by atoms with Crippen LogP contribution in [0, 0.1) is 0 Å². The smallest absolute Gasteiger partial charge is 0.264 e. The Morgan fingerprint density at radius 3 is 1.61 bits per heavy atom. The van der Waals surface area contributed by atoms with Gasteiger partial charge in [0.1, 0.15) is 0 Å². The highest BCUT2D eigenvalue weighted by Crippen LogP contribution is 2.69. The summed E-state index contributed by atoms with van der Waals surface area (Å²) in [5.74, 6) is 0. The van der Waals surface area contributed by atoms with Crippen LogP contribution in [0.25, 0.3) is 21.2 Å². The number of benzene rings is 6. The number of hydrogen-bond acceptors (Lipinski definition) is 3. The molecule has 1 aromatic heterocycles. The monoisotopic (exact) mass is 965 g/mol. The van der Waals surface area contributed by atoms with E-state index in [-0.39, 0.29) is 50.0 Å². The summed E-state index contributed by atoms with van der Waals surface area (Å²) in [5.41, 5.74) is 26.0. The molecule has 13 rings (SSSR count). The Labute approximate surface area is 436 Å². The molecule has 2 aliphatic heterocycles. The normalized spacial score (nSPS) is 23.4. The SMILES string of the molecule is CC(C)(C)c1ccc(N2c3cc4c(cc3B3c5sc6cc7c(cc6c5N(c5ccc6c(c5)C(C)(C)CCC6(C)C)c5cc(C(C)(C)C)cc2c53)C2(C)CCC72C)C(C)(C)CCC4(C)C)c(-c2ccccc2)c1. The van der Waals surface area contributed by atoms with E-state index in [1.807, 2.05) is 0 Å². The minimum atomic E-state index is -0.121. The Balaban J connectivity index is 1.19. The van der Waals surface area contributed by atoms with E-state index in [4.69, 9.17) is 0 Å². The molecule has 1 saturated carbocycles. The molecule has 3 heterocycles. The lowest BCUT2D eigenvalue weighted by Crippen LogP contribution is -2.62. The molecule has 2 atom stereocenters. The molecule has 1 fully saturated rings. The zero-order valence-corrected chi connectivity index (χ0v) is 47.3. The number of hydrogen-bond donors (Lipinski definition) is 0. The molecule has 0 spiro atoms. The van der Waals surface area contributed by atoms with Crippen LogP contribution in [0.3, 0.4) is 0 Å². The highest BCUT2D eigenvalue weighted by Gasteiger charge is 2.64.